The fourth-order valence-corrected chi connectivity index (χ4v) is 2.31. The van der Waals surface area contributed by atoms with Gasteiger partial charge in [-0.2, -0.15) is 5.10 Å². The van der Waals surface area contributed by atoms with Gasteiger partial charge in [0.25, 0.3) is 5.91 Å². The average molecular weight is 287 g/mol. The highest BCUT2D eigenvalue weighted by atomic mass is 16.6. The highest BCUT2D eigenvalue weighted by Crippen LogP contribution is 2.31. The predicted molar refractivity (Wildman–Crippen MR) is 77.7 cm³/mol. The molecule has 0 aliphatic carbocycles. The van der Waals surface area contributed by atoms with Gasteiger partial charge < -0.3 is 14.8 Å². The molecular weight excluding hydrogens is 270 g/mol. The molecule has 1 aliphatic rings. The Labute approximate surface area is 122 Å². The van der Waals surface area contributed by atoms with Gasteiger partial charge in [-0.1, -0.05) is 12.1 Å². The summed E-state index contributed by atoms with van der Waals surface area (Å²) < 4.78 is 13.0. The van der Waals surface area contributed by atoms with Gasteiger partial charge in [0.05, 0.1) is 17.1 Å². The molecule has 1 aromatic heterocycles. The molecule has 1 amide bonds. The molecule has 2 heterocycles. The van der Waals surface area contributed by atoms with Crippen molar-refractivity contribution in [3.8, 4) is 11.5 Å². The van der Waals surface area contributed by atoms with Crippen LogP contribution in [-0.2, 0) is 11.8 Å². The highest BCUT2D eigenvalue weighted by Gasteiger charge is 2.28. The van der Waals surface area contributed by atoms with Gasteiger partial charge in [-0.15, -0.1) is 0 Å². The van der Waals surface area contributed by atoms with Crippen LogP contribution in [0.15, 0.2) is 24.3 Å². The fraction of sp³-hybridized carbons (Fsp3) is 0.333. The first-order chi connectivity index (χ1) is 10.1. The molecule has 6 nitrogen and oxygen atoms in total. The number of aromatic nitrogens is 2. The number of benzene rings is 1. The number of carbonyl (C=O) groups excluding carboxylic acids is 1. The van der Waals surface area contributed by atoms with Crippen LogP contribution in [0.1, 0.15) is 11.4 Å². The lowest BCUT2D eigenvalue weighted by atomic mass is 10.2. The molecule has 0 spiro atoms. The Balaban J connectivity index is 1.75. The third-order valence-electron chi connectivity index (χ3n) is 3.56. The number of rotatable bonds is 2. The third kappa shape index (κ3) is 2.44. The van der Waals surface area contributed by atoms with Gasteiger partial charge in [-0.05, 0) is 26.0 Å². The standard InChI is InChI=1S/C15H17N3O3/c1-9-14(10(2)18(3)17-9)16-15(19)13-8-20-11-6-4-5-7-12(11)21-13/h4-7,13H,8H2,1-3H3,(H,16,19). The minimum Gasteiger partial charge on any atom is -0.485 e. The van der Waals surface area contributed by atoms with Crippen LogP contribution >= 0.6 is 0 Å². The maximum absolute atomic E-state index is 12.3. The van der Waals surface area contributed by atoms with E-state index in [1.807, 2.05) is 39.1 Å². The molecule has 0 bridgehead atoms. The molecule has 2 aromatic rings. The van der Waals surface area contributed by atoms with Crippen molar-refractivity contribution in [2.75, 3.05) is 11.9 Å². The average Bonchev–Trinajstić information content (AvgIpc) is 2.73. The Morgan fingerprint density at radius 1 is 1.33 bits per heavy atom. The molecule has 0 fully saturated rings. The molecule has 1 aliphatic heterocycles. The van der Waals surface area contributed by atoms with Gasteiger partial charge in [0, 0.05) is 7.05 Å². The number of carbonyl (C=O) groups is 1. The summed E-state index contributed by atoms with van der Waals surface area (Å²) in [6.07, 6.45) is -0.668. The Hall–Kier alpha value is -2.50. The van der Waals surface area contributed by atoms with Crippen LogP contribution in [-0.4, -0.2) is 28.4 Å². The first kappa shape index (κ1) is 13.5. The Bertz CT molecular complexity index is 693. The summed E-state index contributed by atoms with van der Waals surface area (Å²) in [5.41, 5.74) is 2.41. The molecule has 1 aromatic carbocycles. The lowest BCUT2D eigenvalue weighted by Crippen LogP contribution is -2.40. The van der Waals surface area contributed by atoms with Crippen molar-refractivity contribution in [1.82, 2.24) is 9.78 Å². The normalized spacial score (nSPS) is 16.6. The molecule has 1 N–H and O–H groups in total. The number of aryl methyl sites for hydroxylation is 2. The van der Waals surface area contributed by atoms with Gasteiger partial charge >= 0.3 is 0 Å². The van der Waals surface area contributed by atoms with Crippen molar-refractivity contribution >= 4 is 11.6 Å². The molecule has 3 rings (SSSR count). The number of anilines is 1. The molecule has 21 heavy (non-hydrogen) atoms. The zero-order chi connectivity index (χ0) is 15.0. The monoisotopic (exact) mass is 287 g/mol. The molecule has 6 heteroatoms. The van der Waals surface area contributed by atoms with Crippen LogP contribution in [0.4, 0.5) is 5.69 Å². The van der Waals surface area contributed by atoms with E-state index in [1.54, 1.807) is 10.7 Å². The zero-order valence-electron chi connectivity index (χ0n) is 12.2. The molecule has 0 saturated carbocycles. The lowest BCUT2D eigenvalue weighted by molar-refractivity contribution is -0.125. The van der Waals surface area contributed by atoms with Crippen molar-refractivity contribution in [1.29, 1.82) is 0 Å². The van der Waals surface area contributed by atoms with Gasteiger partial charge in [0.1, 0.15) is 6.61 Å². The number of amides is 1. The van der Waals surface area contributed by atoms with Crippen LogP contribution in [0.5, 0.6) is 11.5 Å². The number of hydrogen-bond donors (Lipinski definition) is 1. The van der Waals surface area contributed by atoms with Crippen LogP contribution in [0.2, 0.25) is 0 Å². The molecule has 110 valence electrons. The molecular formula is C15H17N3O3. The van der Waals surface area contributed by atoms with Gasteiger partial charge in [-0.3, -0.25) is 9.48 Å². The fourth-order valence-electron chi connectivity index (χ4n) is 2.31. The van der Waals surface area contributed by atoms with E-state index in [1.165, 1.54) is 0 Å². The van der Waals surface area contributed by atoms with Crippen molar-refractivity contribution in [2.24, 2.45) is 7.05 Å². The predicted octanol–water partition coefficient (Wildman–Crippen LogP) is 1.82. The van der Waals surface area contributed by atoms with Crippen molar-refractivity contribution in [2.45, 2.75) is 20.0 Å². The maximum atomic E-state index is 12.3. The van der Waals surface area contributed by atoms with Crippen molar-refractivity contribution < 1.29 is 14.3 Å². The van der Waals surface area contributed by atoms with E-state index in [2.05, 4.69) is 10.4 Å². The van der Waals surface area contributed by atoms with E-state index in [-0.39, 0.29) is 12.5 Å². The number of nitrogens with zero attached hydrogens (tertiary/aromatic N) is 2. The van der Waals surface area contributed by atoms with Crippen molar-refractivity contribution in [3.63, 3.8) is 0 Å². The number of ether oxygens (including phenoxy) is 2. The zero-order valence-corrected chi connectivity index (χ0v) is 12.2. The largest absolute Gasteiger partial charge is 0.485 e. The summed E-state index contributed by atoms with van der Waals surface area (Å²) >= 11 is 0. The quantitative estimate of drug-likeness (QED) is 0.915. The summed E-state index contributed by atoms with van der Waals surface area (Å²) in [7, 11) is 1.84. The summed E-state index contributed by atoms with van der Waals surface area (Å²) in [5.74, 6) is 1.02. The second kappa shape index (κ2) is 5.12. The van der Waals surface area contributed by atoms with Crippen LogP contribution in [0, 0.1) is 13.8 Å². The van der Waals surface area contributed by atoms with E-state index >= 15 is 0 Å². The SMILES string of the molecule is Cc1nn(C)c(C)c1NC(=O)C1COc2ccccc2O1. The summed E-state index contributed by atoms with van der Waals surface area (Å²) in [6, 6.07) is 7.32. The first-order valence-electron chi connectivity index (χ1n) is 6.76. The molecule has 0 saturated heterocycles. The number of para-hydroxylation sites is 2. The topological polar surface area (TPSA) is 65.4 Å². The van der Waals surface area contributed by atoms with E-state index < -0.39 is 6.10 Å². The second-order valence-electron chi connectivity index (χ2n) is 5.02. The number of fused-ring (bicyclic) bond motifs is 1. The van der Waals surface area contributed by atoms with Gasteiger partial charge in [-0.25, -0.2) is 0 Å². The summed E-state index contributed by atoms with van der Waals surface area (Å²) in [4.78, 5) is 12.3. The van der Waals surface area contributed by atoms with Crippen LogP contribution in [0.25, 0.3) is 0 Å². The maximum Gasteiger partial charge on any atom is 0.269 e. The number of nitrogens with one attached hydrogen (secondary N) is 1. The van der Waals surface area contributed by atoms with Crippen LogP contribution in [0.3, 0.4) is 0 Å². The van der Waals surface area contributed by atoms with E-state index in [0.29, 0.717) is 11.5 Å². The summed E-state index contributed by atoms with van der Waals surface area (Å²) in [5, 5.41) is 7.15. The molecule has 0 radical (unpaired) electrons. The Morgan fingerprint density at radius 3 is 2.71 bits per heavy atom. The Morgan fingerprint density at radius 2 is 2.05 bits per heavy atom. The third-order valence-corrected chi connectivity index (χ3v) is 3.56. The summed E-state index contributed by atoms with van der Waals surface area (Å²) in [6.45, 7) is 3.96. The molecule has 1 unspecified atom stereocenters. The molecule has 1 atom stereocenters. The second-order valence-corrected chi connectivity index (χ2v) is 5.02. The number of hydrogen-bond acceptors (Lipinski definition) is 4. The van der Waals surface area contributed by atoms with E-state index in [9.17, 15) is 4.79 Å². The highest BCUT2D eigenvalue weighted by molar-refractivity contribution is 5.95. The smallest absolute Gasteiger partial charge is 0.269 e. The lowest BCUT2D eigenvalue weighted by Gasteiger charge is -2.25. The van der Waals surface area contributed by atoms with Crippen LogP contribution < -0.4 is 14.8 Å². The first-order valence-corrected chi connectivity index (χ1v) is 6.76. The minimum atomic E-state index is -0.668. The minimum absolute atomic E-state index is 0.196. The van der Waals surface area contributed by atoms with Gasteiger partial charge in [0.15, 0.2) is 11.5 Å². The Kier molecular flexibility index (Phi) is 3.29. The van der Waals surface area contributed by atoms with E-state index in [0.717, 1.165) is 17.1 Å². The van der Waals surface area contributed by atoms with E-state index in [4.69, 9.17) is 9.47 Å². The van der Waals surface area contributed by atoms with Crippen molar-refractivity contribution in [3.05, 3.63) is 35.7 Å². The van der Waals surface area contributed by atoms with Gasteiger partial charge in [0.2, 0.25) is 6.10 Å².